The molecule has 0 bridgehead atoms. The summed E-state index contributed by atoms with van der Waals surface area (Å²) in [6.07, 6.45) is 4.45. The summed E-state index contributed by atoms with van der Waals surface area (Å²) >= 11 is 0. The van der Waals surface area contributed by atoms with Gasteiger partial charge in [-0.25, -0.2) is 0 Å². The lowest BCUT2D eigenvalue weighted by Gasteiger charge is -2.47. The predicted octanol–water partition coefficient (Wildman–Crippen LogP) is 4.47. The smallest absolute Gasteiger partial charge is 0.168 e. The second kappa shape index (κ2) is 5.80. The largest absolute Gasteiger partial charge is 0.349 e. The fourth-order valence-corrected chi connectivity index (χ4v) is 6.93. The Hall–Kier alpha value is -0.160. The molecule has 0 amide bonds. The summed E-state index contributed by atoms with van der Waals surface area (Å²) in [7, 11) is 3.94. The summed E-state index contributed by atoms with van der Waals surface area (Å²) in [5.41, 5.74) is 1.76. The van der Waals surface area contributed by atoms with Gasteiger partial charge in [0.2, 0.25) is 0 Å². The van der Waals surface area contributed by atoms with Crippen LogP contribution in [0, 0.1) is 5.41 Å². The van der Waals surface area contributed by atoms with Gasteiger partial charge in [0.25, 0.3) is 0 Å². The molecule has 2 nitrogen and oxygen atoms in total. The molecule has 1 aliphatic carbocycles. The van der Waals surface area contributed by atoms with Crippen molar-refractivity contribution in [2.75, 3.05) is 24.7 Å². The van der Waals surface area contributed by atoms with E-state index in [4.69, 9.17) is 9.47 Å². The first-order valence-corrected chi connectivity index (χ1v) is 10.4. The van der Waals surface area contributed by atoms with E-state index in [1.807, 2.05) is 21.6 Å². The van der Waals surface area contributed by atoms with Crippen LogP contribution in [-0.4, -0.2) is 30.5 Å². The van der Waals surface area contributed by atoms with Crippen molar-refractivity contribution in [2.45, 2.75) is 37.4 Å². The molecule has 0 unspecified atom stereocenters. The number of benzene rings is 1. The Bertz CT molecular complexity index is 465. The van der Waals surface area contributed by atoms with Gasteiger partial charge in [0.05, 0.1) is 13.2 Å². The lowest BCUT2D eigenvalue weighted by atomic mass is 9.80. The SMILES string of the molecule is c1ccc(C2CCC3(CC2)OCC2(CO3)CSSC2)cc1. The Morgan fingerprint density at radius 2 is 1.52 bits per heavy atom. The number of rotatable bonds is 1. The Balaban J connectivity index is 1.37. The van der Waals surface area contributed by atoms with Crippen LogP contribution in [0.5, 0.6) is 0 Å². The summed E-state index contributed by atoms with van der Waals surface area (Å²) in [5.74, 6) is 2.77. The first-order chi connectivity index (χ1) is 10.3. The van der Waals surface area contributed by atoms with Crippen molar-refractivity contribution in [3.8, 4) is 0 Å². The maximum Gasteiger partial charge on any atom is 0.168 e. The van der Waals surface area contributed by atoms with Crippen molar-refractivity contribution in [2.24, 2.45) is 5.41 Å². The van der Waals surface area contributed by atoms with E-state index in [9.17, 15) is 0 Å². The minimum Gasteiger partial charge on any atom is -0.349 e. The Labute approximate surface area is 134 Å². The van der Waals surface area contributed by atoms with E-state index in [1.54, 1.807) is 0 Å². The fourth-order valence-electron chi connectivity index (χ4n) is 3.60. The van der Waals surface area contributed by atoms with Crippen LogP contribution in [0.2, 0.25) is 0 Å². The van der Waals surface area contributed by atoms with Gasteiger partial charge in [-0.3, -0.25) is 0 Å². The highest BCUT2D eigenvalue weighted by Gasteiger charge is 2.48. The topological polar surface area (TPSA) is 18.5 Å². The third kappa shape index (κ3) is 2.88. The summed E-state index contributed by atoms with van der Waals surface area (Å²) in [6, 6.07) is 10.9. The van der Waals surface area contributed by atoms with E-state index in [0.29, 0.717) is 5.92 Å². The van der Waals surface area contributed by atoms with Crippen LogP contribution in [0.3, 0.4) is 0 Å². The van der Waals surface area contributed by atoms with Gasteiger partial charge in [-0.05, 0) is 24.3 Å². The molecule has 1 aromatic carbocycles. The Kier molecular flexibility index (Phi) is 3.99. The number of hydrogen-bond donors (Lipinski definition) is 0. The lowest BCUT2D eigenvalue weighted by Crippen LogP contribution is -2.52. The monoisotopic (exact) mass is 322 g/mol. The summed E-state index contributed by atoms with van der Waals surface area (Å²) in [5, 5.41) is 0. The summed E-state index contributed by atoms with van der Waals surface area (Å²) < 4.78 is 12.6. The van der Waals surface area contributed by atoms with Crippen LogP contribution in [-0.2, 0) is 9.47 Å². The molecule has 2 spiro atoms. The third-order valence-corrected chi connectivity index (χ3v) is 7.95. The third-order valence-electron chi connectivity index (χ3n) is 5.11. The van der Waals surface area contributed by atoms with E-state index in [0.717, 1.165) is 26.1 Å². The first kappa shape index (κ1) is 14.4. The fraction of sp³-hybridized carbons (Fsp3) is 0.647. The normalized spacial score (nSPS) is 28.2. The highest BCUT2D eigenvalue weighted by molar-refractivity contribution is 8.77. The maximum atomic E-state index is 6.28. The van der Waals surface area contributed by atoms with Gasteiger partial charge < -0.3 is 9.47 Å². The molecule has 114 valence electrons. The molecule has 4 rings (SSSR count). The zero-order valence-electron chi connectivity index (χ0n) is 12.3. The molecule has 1 aromatic rings. The molecule has 0 aromatic heterocycles. The van der Waals surface area contributed by atoms with Crippen LogP contribution in [0.1, 0.15) is 37.2 Å². The minimum absolute atomic E-state index is 0.269. The molecular weight excluding hydrogens is 300 g/mol. The standard InChI is InChI=1S/C17H22O2S2/c1-2-4-14(5-3-1)15-6-8-17(9-7-15)18-10-16(11-19-17)12-20-21-13-16/h1-5,15H,6-13H2. The van der Waals surface area contributed by atoms with Gasteiger partial charge in [0, 0.05) is 29.8 Å². The molecule has 2 heterocycles. The average molecular weight is 322 g/mol. The Morgan fingerprint density at radius 3 is 2.14 bits per heavy atom. The zero-order valence-corrected chi connectivity index (χ0v) is 13.9. The molecule has 0 radical (unpaired) electrons. The van der Waals surface area contributed by atoms with E-state index in [-0.39, 0.29) is 11.2 Å². The predicted molar refractivity (Wildman–Crippen MR) is 89.6 cm³/mol. The van der Waals surface area contributed by atoms with Crippen LogP contribution < -0.4 is 0 Å². The van der Waals surface area contributed by atoms with Crippen LogP contribution in [0.25, 0.3) is 0 Å². The van der Waals surface area contributed by atoms with E-state index in [1.165, 1.54) is 29.9 Å². The zero-order chi connectivity index (χ0) is 14.2. The highest BCUT2D eigenvalue weighted by atomic mass is 33.1. The molecule has 1 saturated carbocycles. The molecule has 21 heavy (non-hydrogen) atoms. The van der Waals surface area contributed by atoms with Crippen molar-refractivity contribution < 1.29 is 9.47 Å². The van der Waals surface area contributed by atoms with Crippen molar-refractivity contribution in [1.82, 2.24) is 0 Å². The van der Waals surface area contributed by atoms with Crippen LogP contribution >= 0.6 is 21.6 Å². The molecule has 2 saturated heterocycles. The molecule has 3 fully saturated rings. The van der Waals surface area contributed by atoms with Crippen LogP contribution in [0.4, 0.5) is 0 Å². The number of ether oxygens (including phenoxy) is 2. The second-order valence-corrected chi connectivity index (χ2v) is 9.16. The summed E-state index contributed by atoms with van der Waals surface area (Å²) in [6.45, 7) is 1.78. The Morgan fingerprint density at radius 1 is 0.905 bits per heavy atom. The van der Waals surface area contributed by atoms with Gasteiger partial charge in [0.15, 0.2) is 5.79 Å². The van der Waals surface area contributed by atoms with Gasteiger partial charge in [-0.2, -0.15) is 0 Å². The maximum absolute atomic E-state index is 6.28. The van der Waals surface area contributed by atoms with Crippen molar-refractivity contribution in [1.29, 1.82) is 0 Å². The van der Waals surface area contributed by atoms with Crippen LogP contribution in [0.15, 0.2) is 30.3 Å². The van der Waals surface area contributed by atoms with Crippen molar-refractivity contribution >= 4 is 21.6 Å². The quantitative estimate of drug-likeness (QED) is 0.710. The average Bonchev–Trinajstić information content (AvgIpc) is 3.01. The van der Waals surface area contributed by atoms with Gasteiger partial charge in [-0.15, -0.1) is 0 Å². The number of hydrogen-bond acceptors (Lipinski definition) is 4. The molecule has 2 aliphatic heterocycles. The van der Waals surface area contributed by atoms with E-state index < -0.39 is 0 Å². The van der Waals surface area contributed by atoms with Crippen molar-refractivity contribution in [3.63, 3.8) is 0 Å². The summed E-state index contributed by atoms with van der Waals surface area (Å²) in [4.78, 5) is 0. The molecular formula is C17H22O2S2. The van der Waals surface area contributed by atoms with E-state index in [2.05, 4.69) is 30.3 Å². The van der Waals surface area contributed by atoms with Crippen molar-refractivity contribution in [3.05, 3.63) is 35.9 Å². The van der Waals surface area contributed by atoms with Gasteiger partial charge >= 0.3 is 0 Å². The molecule has 0 N–H and O–H groups in total. The molecule has 0 atom stereocenters. The first-order valence-electron chi connectivity index (χ1n) is 7.87. The van der Waals surface area contributed by atoms with Gasteiger partial charge in [0.1, 0.15) is 0 Å². The van der Waals surface area contributed by atoms with Gasteiger partial charge in [-0.1, -0.05) is 51.9 Å². The highest BCUT2D eigenvalue weighted by Crippen LogP contribution is 2.49. The minimum atomic E-state index is -0.269. The second-order valence-electron chi connectivity index (χ2n) is 6.70. The van der Waals surface area contributed by atoms with E-state index >= 15 is 0 Å². The lowest BCUT2D eigenvalue weighted by molar-refractivity contribution is -0.309. The molecule has 4 heteroatoms. The molecule has 3 aliphatic rings.